The molecule has 2 aromatic carbocycles. The van der Waals surface area contributed by atoms with Crippen molar-refractivity contribution < 1.29 is 16.4 Å². The van der Waals surface area contributed by atoms with Crippen molar-refractivity contribution >= 4 is 58.2 Å². The van der Waals surface area contributed by atoms with Gasteiger partial charge in [-0.25, -0.2) is 9.97 Å². The zero-order valence-electron chi connectivity index (χ0n) is 22.9. The highest BCUT2D eigenvalue weighted by Crippen LogP contribution is 2.31. The monoisotopic (exact) mass is 609 g/mol. The van der Waals surface area contributed by atoms with Crippen LogP contribution in [-0.2, 0) is 22.3 Å². The Morgan fingerprint density at radius 1 is 1.05 bits per heavy atom. The van der Waals surface area contributed by atoms with Crippen LogP contribution in [0.15, 0.2) is 53.4 Å². The van der Waals surface area contributed by atoms with Crippen LogP contribution in [0, 0.1) is 13.8 Å². The van der Waals surface area contributed by atoms with Crippen molar-refractivity contribution in [1.82, 2.24) is 14.9 Å². The zero-order chi connectivity index (χ0) is 28.1. The van der Waals surface area contributed by atoms with E-state index in [1.54, 1.807) is 18.2 Å². The Morgan fingerprint density at radius 3 is 2.33 bits per heavy atom. The van der Waals surface area contributed by atoms with Gasteiger partial charge in [0.1, 0.15) is 17.7 Å². The second-order valence-corrected chi connectivity index (χ2v) is 11.1. The maximum atomic E-state index is 13.2. The van der Waals surface area contributed by atoms with Gasteiger partial charge in [0.2, 0.25) is 5.91 Å². The first kappa shape index (κ1) is 31.6. The molecule has 220 valence electrons. The molecule has 3 heterocycles. The van der Waals surface area contributed by atoms with Crippen LogP contribution in [0.3, 0.4) is 0 Å². The van der Waals surface area contributed by atoms with Gasteiger partial charge in [-0.1, -0.05) is 11.6 Å². The largest absolute Gasteiger partial charge is 0.768 e. The second-order valence-electron chi connectivity index (χ2n) is 9.77. The normalized spacial score (nSPS) is 16.2. The molecule has 0 spiro atoms. The summed E-state index contributed by atoms with van der Waals surface area (Å²) < 4.78 is 22.1. The SMILES string of the molecule is C[C@H](C(=O)N1CCN(c2ccc(S(=O)[O-])cc2)CC1)N1CCCc2cc(Cl)ccc21.Cc1cc(N)nc(C)n1.Cl.[HH].[HH]. The van der Waals surface area contributed by atoms with Crippen LogP contribution in [0.4, 0.5) is 17.2 Å². The number of rotatable bonds is 4. The molecule has 1 saturated heterocycles. The first-order valence-electron chi connectivity index (χ1n) is 13.0. The number of aryl methyl sites for hydroxylation is 3. The Kier molecular flexibility index (Phi) is 11.2. The summed E-state index contributed by atoms with van der Waals surface area (Å²) in [5.41, 5.74) is 9.62. The van der Waals surface area contributed by atoms with Crippen molar-refractivity contribution in [2.24, 2.45) is 0 Å². The van der Waals surface area contributed by atoms with Gasteiger partial charge in [-0.15, -0.1) is 12.4 Å². The Balaban J connectivity index is 0.000000635. The number of carbonyl (C=O) groups is 1. The van der Waals surface area contributed by atoms with Gasteiger partial charge in [0, 0.05) is 68.6 Å². The molecule has 1 unspecified atom stereocenters. The fourth-order valence-corrected chi connectivity index (χ4v) is 5.65. The predicted molar refractivity (Wildman–Crippen MR) is 166 cm³/mol. The van der Waals surface area contributed by atoms with Gasteiger partial charge in [0.25, 0.3) is 0 Å². The lowest BCUT2D eigenvalue weighted by molar-refractivity contribution is -0.132. The summed E-state index contributed by atoms with van der Waals surface area (Å²) in [6.07, 6.45) is 2.01. The van der Waals surface area contributed by atoms with Gasteiger partial charge >= 0.3 is 0 Å². The zero-order valence-corrected chi connectivity index (χ0v) is 25.3. The lowest BCUT2D eigenvalue weighted by Gasteiger charge is -2.41. The van der Waals surface area contributed by atoms with E-state index in [1.165, 1.54) is 5.56 Å². The average molecular weight is 611 g/mol. The van der Waals surface area contributed by atoms with E-state index in [0.717, 1.165) is 60.4 Å². The summed E-state index contributed by atoms with van der Waals surface area (Å²) in [4.78, 5) is 27.8. The van der Waals surface area contributed by atoms with Crippen molar-refractivity contribution in [1.29, 1.82) is 0 Å². The quantitative estimate of drug-likeness (QED) is 0.424. The summed E-state index contributed by atoms with van der Waals surface area (Å²) in [6.45, 7) is 9.33. The summed E-state index contributed by atoms with van der Waals surface area (Å²) >= 11 is 3.93. The topological polar surface area (TPSA) is 119 Å². The standard InChI is InChI=1S/C22H26ClN3O3S.C6H9N3.ClH.2H2/c1-16(26-10-2-3-17-15-18(23)4-9-21(17)26)22(27)25-13-11-24(12-14-25)19-5-7-20(8-6-19)30(28)29;1-4-3-6(7)9-5(2)8-4;;;/h4-9,15-16H,2-3,10-14H2,1H3,(H,28,29);3H,1-2H3,(H2,7,8,9);3*1H/p-1/t16-;;;;/m1..../s1. The molecular formula is C28H39Cl2N6O3S-. The lowest BCUT2D eigenvalue weighted by Crippen LogP contribution is -2.55. The number of halogens is 2. The molecule has 12 heteroatoms. The number of hydrogen-bond donors (Lipinski definition) is 1. The fraction of sp³-hybridized carbons (Fsp3) is 0.393. The summed E-state index contributed by atoms with van der Waals surface area (Å²) in [7, 11) is 0. The number of nitrogens with two attached hydrogens (primary N) is 1. The minimum absolute atomic E-state index is 0. The van der Waals surface area contributed by atoms with Crippen molar-refractivity contribution in [3.8, 4) is 0 Å². The van der Waals surface area contributed by atoms with Crippen molar-refractivity contribution in [3.63, 3.8) is 0 Å². The Hall–Kier alpha value is -2.92. The van der Waals surface area contributed by atoms with Crippen LogP contribution >= 0.6 is 24.0 Å². The highest BCUT2D eigenvalue weighted by Gasteiger charge is 2.31. The van der Waals surface area contributed by atoms with E-state index < -0.39 is 11.1 Å². The molecule has 2 aliphatic heterocycles. The molecule has 1 aromatic heterocycles. The number of hydrogen-bond acceptors (Lipinski definition) is 8. The molecule has 2 N–H and O–H groups in total. The summed E-state index contributed by atoms with van der Waals surface area (Å²) in [6, 6.07) is 14.3. The number of carbonyl (C=O) groups excluding carboxylic acids is 1. The maximum absolute atomic E-state index is 13.2. The van der Waals surface area contributed by atoms with Crippen LogP contribution in [0.1, 0.15) is 33.3 Å². The minimum atomic E-state index is -2.21. The minimum Gasteiger partial charge on any atom is -0.768 e. The van der Waals surface area contributed by atoms with E-state index in [2.05, 4.69) is 19.8 Å². The van der Waals surface area contributed by atoms with E-state index in [9.17, 15) is 13.6 Å². The molecule has 0 bridgehead atoms. The van der Waals surface area contributed by atoms with Gasteiger partial charge in [0.05, 0.1) is 0 Å². The third-order valence-electron chi connectivity index (χ3n) is 6.99. The van der Waals surface area contributed by atoms with Crippen LogP contribution < -0.4 is 15.5 Å². The second kappa shape index (κ2) is 14.1. The number of nitrogen functional groups attached to an aromatic ring is 1. The molecule has 9 nitrogen and oxygen atoms in total. The molecule has 2 aliphatic rings. The maximum Gasteiger partial charge on any atom is 0.245 e. The third-order valence-corrected chi connectivity index (χ3v) is 7.88. The van der Waals surface area contributed by atoms with Crippen molar-refractivity contribution in [3.05, 3.63) is 70.6 Å². The predicted octanol–water partition coefficient (Wildman–Crippen LogP) is 4.66. The number of anilines is 3. The molecule has 40 heavy (non-hydrogen) atoms. The lowest BCUT2D eigenvalue weighted by atomic mass is 10.00. The Bertz CT molecular complexity index is 1300. The van der Waals surface area contributed by atoms with E-state index in [1.807, 2.05) is 56.0 Å². The van der Waals surface area contributed by atoms with Crippen LogP contribution in [-0.4, -0.2) is 68.3 Å². The number of fused-ring (bicyclic) bond motifs is 1. The molecule has 0 radical (unpaired) electrons. The van der Waals surface area contributed by atoms with Gasteiger partial charge in [-0.3, -0.25) is 9.00 Å². The molecule has 2 atom stereocenters. The summed E-state index contributed by atoms with van der Waals surface area (Å²) in [5, 5.41) is 0.736. The Morgan fingerprint density at radius 2 is 1.73 bits per heavy atom. The number of benzene rings is 2. The number of nitrogens with zero attached hydrogens (tertiary/aromatic N) is 5. The van der Waals surface area contributed by atoms with Crippen LogP contribution in [0.5, 0.6) is 0 Å². The summed E-state index contributed by atoms with van der Waals surface area (Å²) in [5.74, 6) is 1.42. The van der Waals surface area contributed by atoms with Crippen molar-refractivity contribution in [2.45, 2.75) is 44.6 Å². The van der Waals surface area contributed by atoms with Crippen LogP contribution in [0.25, 0.3) is 0 Å². The first-order valence-corrected chi connectivity index (χ1v) is 14.4. The van der Waals surface area contributed by atoms with E-state index >= 15 is 0 Å². The number of amides is 1. The highest BCUT2D eigenvalue weighted by atomic mass is 35.5. The van der Waals surface area contributed by atoms with Crippen LogP contribution in [0.2, 0.25) is 5.02 Å². The fourth-order valence-electron chi connectivity index (χ4n) is 5.09. The molecule has 0 aliphatic carbocycles. The van der Waals surface area contributed by atoms with Crippen molar-refractivity contribution in [2.75, 3.05) is 48.3 Å². The Labute approximate surface area is 252 Å². The number of aromatic nitrogens is 2. The molecule has 1 fully saturated rings. The van der Waals surface area contributed by atoms with E-state index in [-0.39, 0.29) is 32.1 Å². The third kappa shape index (κ3) is 7.84. The average Bonchev–Trinajstić information content (AvgIpc) is 2.91. The molecule has 0 saturated carbocycles. The molecule has 1 amide bonds. The van der Waals surface area contributed by atoms with Gasteiger partial charge in [-0.05, 0) is 92.7 Å². The smallest absolute Gasteiger partial charge is 0.245 e. The van der Waals surface area contributed by atoms with Gasteiger partial charge in [0.15, 0.2) is 0 Å². The van der Waals surface area contributed by atoms with Gasteiger partial charge in [-0.2, -0.15) is 0 Å². The molecular weight excluding hydrogens is 571 g/mol. The molecule has 5 rings (SSSR count). The van der Waals surface area contributed by atoms with Gasteiger partial charge < -0.3 is 25.0 Å². The molecule has 3 aromatic rings. The first-order chi connectivity index (χ1) is 18.6. The van der Waals surface area contributed by atoms with E-state index in [0.29, 0.717) is 18.9 Å². The van der Waals surface area contributed by atoms with E-state index in [4.69, 9.17) is 17.3 Å². The highest BCUT2D eigenvalue weighted by molar-refractivity contribution is 7.79. The number of piperazine rings is 1.